The van der Waals surface area contributed by atoms with Gasteiger partial charge in [0.2, 0.25) is 0 Å². The Morgan fingerprint density at radius 2 is 1.13 bits per heavy atom. The first kappa shape index (κ1) is 57.3. The third kappa shape index (κ3) is 41.4. The average molecular weight is 875 g/mol. The largest absolute Gasteiger partial charge is 0.472 e. The van der Waals surface area contributed by atoms with Crippen LogP contribution in [0.15, 0.2) is 122 Å². The summed E-state index contributed by atoms with van der Waals surface area (Å²) >= 11 is 0. The van der Waals surface area contributed by atoms with Gasteiger partial charge in [-0.15, -0.1) is 0 Å². The van der Waals surface area contributed by atoms with E-state index in [0.29, 0.717) is 32.1 Å². The molecule has 0 aromatic heterocycles. The van der Waals surface area contributed by atoms with Gasteiger partial charge in [-0.05, 0) is 77.0 Å². The molecule has 13 heteroatoms. The second-order valence-corrected chi connectivity index (χ2v) is 15.5. The van der Waals surface area contributed by atoms with Gasteiger partial charge in [0, 0.05) is 12.8 Å². The number of phosphoric ester groups is 1. The number of carbonyl (C=O) groups is 2. The zero-order chi connectivity index (χ0) is 45.1. The Morgan fingerprint density at radius 3 is 1.80 bits per heavy atom. The van der Waals surface area contributed by atoms with Crippen LogP contribution in [0, 0.1) is 0 Å². The molecule has 0 aliphatic heterocycles. The molecule has 5 N–H and O–H groups in total. The van der Waals surface area contributed by atoms with Gasteiger partial charge in [-0.25, -0.2) is 4.57 Å². The molecule has 12 nitrogen and oxygen atoms in total. The highest BCUT2D eigenvalue weighted by molar-refractivity contribution is 7.47. The van der Waals surface area contributed by atoms with Crippen LogP contribution in [0.1, 0.15) is 117 Å². The van der Waals surface area contributed by atoms with Gasteiger partial charge in [0.25, 0.3) is 0 Å². The second-order valence-electron chi connectivity index (χ2n) is 14.0. The van der Waals surface area contributed by atoms with Crippen molar-refractivity contribution in [3.63, 3.8) is 0 Å². The lowest BCUT2D eigenvalue weighted by Gasteiger charge is -2.20. The van der Waals surface area contributed by atoms with E-state index in [9.17, 15) is 34.4 Å². The lowest BCUT2D eigenvalue weighted by Crippen LogP contribution is -2.29. The van der Waals surface area contributed by atoms with Crippen LogP contribution in [0.2, 0.25) is 0 Å². The molecular weight excluding hydrogens is 799 g/mol. The first-order chi connectivity index (χ1) is 29.5. The zero-order valence-electron chi connectivity index (χ0n) is 36.5. The third-order valence-corrected chi connectivity index (χ3v) is 9.24. The predicted molar refractivity (Wildman–Crippen MR) is 244 cm³/mol. The van der Waals surface area contributed by atoms with Gasteiger partial charge in [0.05, 0.1) is 32.0 Å². The SMILES string of the molecule is CC/C=C\C/C=C\C/C=C\C/C=C\CCCCCCC(=O)OC[C@H](COP(=O)(O)OC[C@@H](O)CO)OC(=O)CCC/C=C\[C@@H](O)/C=C/C=C\C/C=C\C=C\[C@@H](O)C/C=C\CC. The number of hydrogen-bond donors (Lipinski definition) is 5. The maximum absolute atomic E-state index is 12.6. The molecular formula is C48H75O12P. The van der Waals surface area contributed by atoms with Crippen molar-refractivity contribution in [1.29, 1.82) is 0 Å². The van der Waals surface area contributed by atoms with Crippen molar-refractivity contribution in [2.75, 3.05) is 26.4 Å². The number of carbonyl (C=O) groups excluding carboxylic acids is 2. The number of aliphatic hydroxyl groups is 4. The van der Waals surface area contributed by atoms with Crippen LogP contribution in [0.5, 0.6) is 0 Å². The van der Waals surface area contributed by atoms with E-state index >= 15 is 0 Å². The van der Waals surface area contributed by atoms with Crippen LogP contribution in [0.25, 0.3) is 0 Å². The Morgan fingerprint density at radius 1 is 0.574 bits per heavy atom. The second kappa shape index (κ2) is 41.6. The molecule has 0 aliphatic carbocycles. The molecule has 0 aliphatic rings. The van der Waals surface area contributed by atoms with Crippen molar-refractivity contribution < 1.29 is 58.0 Å². The smallest absolute Gasteiger partial charge is 0.462 e. The summed E-state index contributed by atoms with van der Waals surface area (Å²) in [6.45, 7) is 1.79. The van der Waals surface area contributed by atoms with Crippen LogP contribution in [0.4, 0.5) is 0 Å². The number of rotatable bonds is 38. The standard InChI is InChI=1S/C48H75O12P/c1-3-5-7-8-9-10-11-12-13-14-15-16-17-18-22-25-31-37-47(53)57-41-46(42-59-61(55,56)58-40-45(52)39-49)60-48(54)38-32-26-30-36-44(51)35-29-24-21-19-20-23-28-34-43(50)33-27-6-4-2/h5-7,9-10,12-13,15-16,20-21,23-24,27-30,34-36,43-46,49-52H,3-4,8,11,14,17-19,22,25-26,31-33,37-42H2,1-2H3,(H,55,56)/b7-5-,10-9-,13-12-,16-15-,23-20-,24-21-,27-6-,34-28+,35-29+,36-30-/t43-,44-,45-,46+/m0/s1. The Balaban J connectivity index is 4.62. The molecule has 0 aromatic carbocycles. The Kier molecular flexibility index (Phi) is 39.1. The minimum Gasteiger partial charge on any atom is -0.462 e. The third-order valence-electron chi connectivity index (χ3n) is 8.29. The summed E-state index contributed by atoms with van der Waals surface area (Å²) < 4.78 is 32.5. The van der Waals surface area contributed by atoms with E-state index in [1.807, 2.05) is 49.5 Å². The molecule has 0 saturated heterocycles. The summed E-state index contributed by atoms with van der Waals surface area (Å²) in [7, 11) is -4.69. The summed E-state index contributed by atoms with van der Waals surface area (Å²) in [5.41, 5.74) is 0. The Bertz CT molecular complexity index is 1460. The number of esters is 2. The number of phosphoric acid groups is 1. The van der Waals surface area contributed by atoms with E-state index in [2.05, 4.69) is 60.1 Å². The first-order valence-electron chi connectivity index (χ1n) is 21.7. The molecule has 0 rings (SSSR count). The molecule has 61 heavy (non-hydrogen) atoms. The van der Waals surface area contributed by atoms with Crippen LogP contribution < -0.4 is 0 Å². The van der Waals surface area contributed by atoms with Crippen molar-refractivity contribution in [2.24, 2.45) is 0 Å². The lowest BCUT2D eigenvalue weighted by atomic mass is 10.1. The molecule has 0 spiro atoms. The van der Waals surface area contributed by atoms with Gasteiger partial charge in [-0.1, -0.05) is 148 Å². The van der Waals surface area contributed by atoms with Gasteiger partial charge in [0.15, 0.2) is 6.10 Å². The van der Waals surface area contributed by atoms with Crippen molar-refractivity contribution in [1.82, 2.24) is 0 Å². The van der Waals surface area contributed by atoms with Gasteiger partial charge in [-0.3, -0.25) is 18.6 Å². The van der Waals surface area contributed by atoms with E-state index in [1.165, 1.54) is 0 Å². The molecule has 0 saturated carbocycles. The van der Waals surface area contributed by atoms with E-state index in [1.54, 1.807) is 30.4 Å². The van der Waals surface area contributed by atoms with Crippen LogP contribution in [0.3, 0.4) is 0 Å². The topological polar surface area (TPSA) is 189 Å². The van der Waals surface area contributed by atoms with Gasteiger partial charge in [0.1, 0.15) is 12.7 Å². The highest BCUT2D eigenvalue weighted by Crippen LogP contribution is 2.43. The predicted octanol–water partition coefficient (Wildman–Crippen LogP) is 9.49. The van der Waals surface area contributed by atoms with Crippen molar-refractivity contribution in [3.05, 3.63) is 122 Å². The minimum atomic E-state index is -4.69. The number of unbranched alkanes of at least 4 members (excludes halogenated alkanes) is 5. The summed E-state index contributed by atoms with van der Waals surface area (Å²) in [6, 6.07) is 0. The summed E-state index contributed by atoms with van der Waals surface area (Å²) in [4.78, 5) is 35.0. The highest BCUT2D eigenvalue weighted by atomic mass is 31.2. The fraction of sp³-hybridized carbons (Fsp3) is 0.542. The fourth-order valence-corrected chi connectivity index (χ4v) is 5.75. The minimum absolute atomic E-state index is 0.0160. The van der Waals surface area contributed by atoms with Crippen LogP contribution in [-0.4, -0.2) is 88.1 Å². The van der Waals surface area contributed by atoms with Gasteiger partial charge in [-0.2, -0.15) is 0 Å². The molecule has 0 bridgehead atoms. The first-order valence-corrected chi connectivity index (χ1v) is 23.2. The normalized spacial score (nSPS) is 16.0. The van der Waals surface area contributed by atoms with E-state index in [-0.39, 0.29) is 12.8 Å². The summed E-state index contributed by atoms with van der Waals surface area (Å²) in [6.07, 6.45) is 46.6. The van der Waals surface area contributed by atoms with Gasteiger partial charge >= 0.3 is 19.8 Å². The summed E-state index contributed by atoms with van der Waals surface area (Å²) in [5.74, 6) is -1.15. The quantitative estimate of drug-likeness (QED) is 0.0130. The molecule has 0 heterocycles. The van der Waals surface area contributed by atoms with Crippen molar-refractivity contribution in [3.8, 4) is 0 Å². The van der Waals surface area contributed by atoms with E-state index in [0.717, 1.165) is 57.8 Å². The van der Waals surface area contributed by atoms with E-state index in [4.69, 9.17) is 19.1 Å². The molecule has 0 aromatic rings. The molecule has 0 fully saturated rings. The summed E-state index contributed by atoms with van der Waals surface area (Å²) in [5, 5.41) is 38.3. The van der Waals surface area contributed by atoms with Crippen molar-refractivity contribution >= 4 is 19.8 Å². The maximum Gasteiger partial charge on any atom is 0.472 e. The molecule has 0 radical (unpaired) electrons. The molecule has 1 unspecified atom stereocenters. The Labute approximate surface area is 365 Å². The zero-order valence-corrected chi connectivity index (χ0v) is 37.4. The average Bonchev–Trinajstić information content (AvgIpc) is 3.24. The number of aliphatic hydroxyl groups excluding tert-OH is 4. The number of allylic oxidation sites excluding steroid dienone is 16. The maximum atomic E-state index is 12.6. The molecule has 344 valence electrons. The van der Waals surface area contributed by atoms with Crippen LogP contribution >= 0.6 is 7.82 Å². The molecule has 0 amide bonds. The van der Waals surface area contributed by atoms with Crippen LogP contribution in [-0.2, 0) is 32.7 Å². The lowest BCUT2D eigenvalue weighted by molar-refractivity contribution is -0.161. The van der Waals surface area contributed by atoms with Crippen molar-refractivity contribution in [2.45, 2.75) is 141 Å². The molecule has 5 atom stereocenters. The fourth-order valence-electron chi connectivity index (χ4n) is 4.96. The Hall–Kier alpha value is -3.71. The number of hydrogen-bond acceptors (Lipinski definition) is 11. The van der Waals surface area contributed by atoms with E-state index < -0.39 is 70.6 Å². The number of ether oxygens (including phenoxy) is 2. The highest BCUT2D eigenvalue weighted by Gasteiger charge is 2.27. The van der Waals surface area contributed by atoms with Gasteiger partial charge < -0.3 is 34.8 Å². The monoisotopic (exact) mass is 874 g/mol.